The molecule has 8 nitrogen and oxygen atoms in total. The molecule has 0 aromatic heterocycles. The number of halogens is 1. The molecule has 0 saturated heterocycles. The third-order valence-electron chi connectivity index (χ3n) is 3.45. The van der Waals surface area contributed by atoms with Crippen molar-refractivity contribution in [2.45, 2.75) is 19.1 Å². The first kappa shape index (κ1) is 19.2. The number of carboxylic acids is 1. The van der Waals surface area contributed by atoms with Crippen molar-refractivity contribution in [3.8, 4) is 0 Å². The van der Waals surface area contributed by atoms with Gasteiger partial charge in [-0.1, -0.05) is 41.9 Å². The Balaban J connectivity index is 2.17. The summed E-state index contributed by atoms with van der Waals surface area (Å²) in [5, 5.41) is 22.8. The minimum atomic E-state index is -1.24. The Bertz CT molecular complexity index is 812. The molecule has 26 heavy (non-hydrogen) atoms. The quantitative estimate of drug-likeness (QED) is 0.560. The molecule has 0 bridgehead atoms. The number of carbonyl (C=O) groups excluding carboxylic acids is 1. The van der Waals surface area contributed by atoms with E-state index in [1.165, 1.54) is 12.1 Å². The molecule has 2 aromatic rings. The summed E-state index contributed by atoms with van der Waals surface area (Å²) >= 11 is 5.87. The molecule has 9 heteroatoms. The van der Waals surface area contributed by atoms with Gasteiger partial charge in [-0.15, -0.1) is 0 Å². The second-order valence-electron chi connectivity index (χ2n) is 5.32. The van der Waals surface area contributed by atoms with E-state index >= 15 is 0 Å². The number of rotatable bonds is 7. The normalized spacial score (nSPS) is 11.4. The van der Waals surface area contributed by atoms with Gasteiger partial charge in [0, 0.05) is 11.1 Å². The molecule has 1 atom stereocenters. The lowest BCUT2D eigenvalue weighted by Crippen LogP contribution is -2.31. The summed E-state index contributed by atoms with van der Waals surface area (Å²) in [5.74, 6) is -1.24. The van der Waals surface area contributed by atoms with Crippen molar-refractivity contribution in [1.82, 2.24) is 5.32 Å². The van der Waals surface area contributed by atoms with Gasteiger partial charge in [-0.05, 0) is 17.7 Å². The van der Waals surface area contributed by atoms with E-state index < -0.39 is 29.4 Å². The molecule has 1 amide bonds. The minimum absolute atomic E-state index is 0.0124. The van der Waals surface area contributed by atoms with Gasteiger partial charge in [0.05, 0.1) is 22.9 Å². The number of nitro groups is 1. The minimum Gasteiger partial charge on any atom is -0.481 e. The highest BCUT2D eigenvalue weighted by Crippen LogP contribution is 2.30. The van der Waals surface area contributed by atoms with E-state index in [2.05, 4.69) is 5.32 Å². The van der Waals surface area contributed by atoms with Gasteiger partial charge in [-0.3, -0.25) is 14.9 Å². The highest BCUT2D eigenvalue weighted by atomic mass is 35.5. The van der Waals surface area contributed by atoms with Crippen LogP contribution in [-0.4, -0.2) is 22.1 Å². The molecular weight excluding hydrogens is 364 g/mol. The third kappa shape index (κ3) is 5.45. The summed E-state index contributed by atoms with van der Waals surface area (Å²) in [6, 6.07) is 11.4. The topological polar surface area (TPSA) is 119 Å². The van der Waals surface area contributed by atoms with E-state index in [9.17, 15) is 19.7 Å². The van der Waals surface area contributed by atoms with Crippen LogP contribution in [0.15, 0.2) is 48.5 Å². The number of hydrogen-bond donors (Lipinski definition) is 2. The Kier molecular flexibility index (Phi) is 6.51. The molecular formula is C17H15ClN2O6. The molecule has 0 radical (unpaired) electrons. The Hall–Kier alpha value is -3.13. The van der Waals surface area contributed by atoms with Gasteiger partial charge in [0.2, 0.25) is 0 Å². The van der Waals surface area contributed by atoms with E-state index in [0.29, 0.717) is 0 Å². The number of carbonyl (C=O) groups is 2. The van der Waals surface area contributed by atoms with Crippen molar-refractivity contribution < 1.29 is 24.4 Å². The number of benzene rings is 2. The lowest BCUT2D eigenvalue weighted by molar-refractivity contribution is -0.385. The lowest BCUT2D eigenvalue weighted by Gasteiger charge is -2.17. The number of alkyl carbamates (subject to hydrolysis) is 1. The summed E-state index contributed by atoms with van der Waals surface area (Å²) in [6.45, 7) is -0.0237. The SMILES string of the molecule is O=C(O)C[C@@H](NC(=O)OCc1ccccc1)c1cc(Cl)ccc1[N+](=O)[O-]. The molecule has 0 spiro atoms. The van der Waals surface area contributed by atoms with Crippen LogP contribution in [0.25, 0.3) is 0 Å². The van der Waals surface area contributed by atoms with Crippen LogP contribution in [0.5, 0.6) is 0 Å². The largest absolute Gasteiger partial charge is 0.481 e. The van der Waals surface area contributed by atoms with Crippen molar-refractivity contribution in [2.75, 3.05) is 0 Å². The first-order valence-corrected chi connectivity index (χ1v) is 7.87. The predicted octanol–water partition coefficient (Wildman–Crippen LogP) is 3.69. The molecule has 0 saturated carbocycles. The van der Waals surface area contributed by atoms with E-state index in [0.717, 1.165) is 11.6 Å². The molecule has 0 fully saturated rings. The van der Waals surface area contributed by atoms with Gasteiger partial charge in [0.1, 0.15) is 6.61 Å². The average Bonchev–Trinajstić information content (AvgIpc) is 2.59. The van der Waals surface area contributed by atoms with Crippen LogP contribution in [0.3, 0.4) is 0 Å². The second kappa shape index (κ2) is 8.82. The van der Waals surface area contributed by atoms with E-state index in [1.807, 2.05) is 6.07 Å². The molecule has 2 rings (SSSR count). The number of nitrogens with zero attached hydrogens (tertiary/aromatic N) is 1. The number of amides is 1. The van der Waals surface area contributed by atoms with Crippen LogP contribution in [0.2, 0.25) is 5.02 Å². The van der Waals surface area contributed by atoms with Crippen molar-refractivity contribution in [2.24, 2.45) is 0 Å². The highest BCUT2D eigenvalue weighted by Gasteiger charge is 2.26. The molecule has 136 valence electrons. The number of nitro benzene ring substituents is 1. The van der Waals surface area contributed by atoms with Crippen LogP contribution in [-0.2, 0) is 16.1 Å². The van der Waals surface area contributed by atoms with Gasteiger partial charge in [0.25, 0.3) is 5.69 Å². The standard InChI is InChI=1S/C17H15ClN2O6/c18-12-6-7-15(20(24)25)13(8-12)14(9-16(21)22)19-17(23)26-10-11-4-2-1-3-5-11/h1-8,14H,9-10H2,(H,19,23)(H,21,22)/t14-/m1/s1. The van der Waals surface area contributed by atoms with Crippen LogP contribution in [0.4, 0.5) is 10.5 Å². The Morgan fingerprint density at radius 2 is 1.92 bits per heavy atom. The maximum Gasteiger partial charge on any atom is 0.407 e. The van der Waals surface area contributed by atoms with E-state index in [4.69, 9.17) is 21.4 Å². The van der Waals surface area contributed by atoms with Crippen LogP contribution >= 0.6 is 11.6 Å². The van der Waals surface area contributed by atoms with Crippen LogP contribution < -0.4 is 5.32 Å². The highest BCUT2D eigenvalue weighted by molar-refractivity contribution is 6.30. The summed E-state index contributed by atoms with van der Waals surface area (Å²) in [7, 11) is 0. The predicted molar refractivity (Wildman–Crippen MR) is 92.9 cm³/mol. The lowest BCUT2D eigenvalue weighted by atomic mass is 10.0. The second-order valence-corrected chi connectivity index (χ2v) is 5.75. The zero-order valence-electron chi connectivity index (χ0n) is 13.4. The monoisotopic (exact) mass is 378 g/mol. The number of hydrogen-bond acceptors (Lipinski definition) is 5. The number of aliphatic carboxylic acids is 1. The Labute approximate surface area is 153 Å². The van der Waals surface area contributed by atoms with E-state index in [-0.39, 0.29) is 22.9 Å². The third-order valence-corrected chi connectivity index (χ3v) is 3.68. The van der Waals surface area contributed by atoms with Crippen LogP contribution in [0, 0.1) is 10.1 Å². The molecule has 0 unspecified atom stereocenters. The van der Waals surface area contributed by atoms with E-state index in [1.54, 1.807) is 24.3 Å². The van der Waals surface area contributed by atoms with Crippen molar-refractivity contribution in [1.29, 1.82) is 0 Å². The van der Waals surface area contributed by atoms with Gasteiger partial charge in [0.15, 0.2) is 0 Å². The maximum absolute atomic E-state index is 12.0. The molecule has 2 N–H and O–H groups in total. The van der Waals surface area contributed by atoms with Gasteiger partial charge in [-0.2, -0.15) is 0 Å². The summed E-state index contributed by atoms with van der Waals surface area (Å²) in [5.41, 5.74) is 0.386. The van der Waals surface area contributed by atoms with Gasteiger partial charge < -0.3 is 15.2 Å². The van der Waals surface area contributed by atoms with Crippen LogP contribution in [0.1, 0.15) is 23.6 Å². The van der Waals surface area contributed by atoms with Crippen molar-refractivity contribution in [3.05, 3.63) is 74.8 Å². The number of nitrogens with one attached hydrogen (secondary N) is 1. The molecule has 0 aliphatic carbocycles. The average molecular weight is 379 g/mol. The first-order valence-electron chi connectivity index (χ1n) is 7.49. The zero-order valence-corrected chi connectivity index (χ0v) is 14.2. The fourth-order valence-corrected chi connectivity index (χ4v) is 2.47. The van der Waals surface area contributed by atoms with Crippen molar-refractivity contribution in [3.63, 3.8) is 0 Å². The number of ether oxygens (including phenoxy) is 1. The fourth-order valence-electron chi connectivity index (χ4n) is 2.29. The zero-order chi connectivity index (χ0) is 19.1. The van der Waals surface area contributed by atoms with Gasteiger partial charge >= 0.3 is 12.1 Å². The summed E-state index contributed by atoms with van der Waals surface area (Å²) in [6.07, 6.45) is -1.46. The number of carboxylic acid groups (broad SMARTS) is 1. The molecule has 2 aromatic carbocycles. The fraction of sp³-hybridized carbons (Fsp3) is 0.176. The van der Waals surface area contributed by atoms with Crippen molar-refractivity contribution >= 4 is 29.4 Å². The smallest absolute Gasteiger partial charge is 0.407 e. The Morgan fingerprint density at radius 3 is 2.54 bits per heavy atom. The first-order chi connectivity index (χ1) is 12.4. The summed E-state index contributed by atoms with van der Waals surface area (Å²) < 4.78 is 5.05. The van der Waals surface area contributed by atoms with Gasteiger partial charge in [-0.25, -0.2) is 4.79 Å². The molecule has 0 aliphatic rings. The Morgan fingerprint density at radius 1 is 1.23 bits per heavy atom. The maximum atomic E-state index is 12.0. The summed E-state index contributed by atoms with van der Waals surface area (Å²) in [4.78, 5) is 33.7. The molecule has 0 aliphatic heterocycles. The molecule has 0 heterocycles.